The maximum Gasteiger partial charge on any atom is 0.276 e. The number of carbonyl (C=O) groups is 2. The zero-order valence-electron chi connectivity index (χ0n) is 14.6. The van der Waals surface area contributed by atoms with Gasteiger partial charge in [0.05, 0.1) is 6.26 Å². The molecule has 0 atom stereocenters. The standard InChI is InChI=1S/C18H23N3O4/c1-3-13(4-2)17(22)20-7-9-21(10-8-20)18(23)14-12-16(25-19-14)15-6-5-11-24-15/h5-6,11-13H,3-4,7-10H2,1-2H3. The van der Waals surface area contributed by atoms with Crippen LogP contribution in [0.15, 0.2) is 33.4 Å². The average Bonchev–Trinajstić information content (AvgIpc) is 3.33. The van der Waals surface area contributed by atoms with Gasteiger partial charge in [-0.3, -0.25) is 9.59 Å². The Balaban J connectivity index is 1.59. The molecular weight excluding hydrogens is 322 g/mol. The van der Waals surface area contributed by atoms with E-state index in [-0.39, 0.29) is 23.4 Å². The van der Waals surface area contributed by atoms with Gasteiger partial charge in [0, 0.05) is 38.2 Å². The van der Waals surface area contributed by atoms with Crippen molar-refractivity contribution in [2.24, 2.45) is 5.92 Å². The third-order valence-corrected chi connectivity index (χ3v) is 4.71. The number of piperazine rings is 1. The third-order valence-electron chi connectivity index (χ3n) is 4.71. The molecule has 2 aromatic rings. The van der Waals surface area contributed by atoms with Crippen molar-refractivity contribution >= 4 is 11.8 Å². The fraction of sp³-hybridized carbons (Fsp3) is 0.500. The second kappa shape index (κ2) is 7.55. The number of hydrogen-bond donors (Lipinski definition) is 0. The maximum atomic E-state index is 12.6. The van der Waals surface area contributed by atoms with Crippen LogP contribution < -0.4 is 0 Å². The summed E-state index contributed by atoms with van der Waals surface area (Å²) < 4.78 is 10.4. The molecule has 0 unspecified atom stereocenters. The van der Waals surface area contributed by atoms with Gasteiger partial charge < -0.3 is 18.7 Å². The molecule has 0 saturated carbocycles. The lowest BCUT2D eigenvalue weighted by Crippen LogP contribution is -2.52. The van der Waals surface area contributed by atoms with Crippen molar-refractivity contribution in [2.45, 2.75) is 26.7 Å². The molecule has 2 amide bonds. The van der Waals surface area contributed by atoms with Crippen molar-refractivity contribution in [1.82, 2.24) is 15.0 Å². The van der Waals surface area contributed by atoms with Crippen LogP contribution >= 0.6 is 0 Å². The molecule has 3 rings (SSSR count). The van der Waals surface area contributed by atoms with Crippen LogP contribution in [0.4, 0.5) is 0 Å². The van der Waals surface area contributed by atoms with Crippen molar-refractivity contribution in [3.05, 3.63) is 30.2 Å². The van der Waals surface area contributed by atoms with Gasteiger partial charge in [-0.2, -0.15) is 0 Å². The zero-order valence-corrected chi connectivity index (χ0v) is 14.6. The van der Waals surface area contributed by atoms with E-state index in [0.29, 0.717) is 37.7 Å². The minimum Gasteiger partial charge on any atom is -0.461 e. The maximum absolute atomic E-state index is 12.6. The minimum absolute atomic E-state index is 0.0775. The normalized spacial score (nSPS) is 15.0. The minimum atomic E-state index is -0.184. The van der Waals surface area contributed by atoms with Crippen LogP contribution in [-0.4, -0.2) is 52.9 Å². The topological polar surface area (TPSA) is 79.8 Å². The van der Waals surface area contributed by atoms with E-state index in [0.717, 1.165) is 12.8 Å². The highest BCUT2D eigenvalue weighted by molar-refractivity contribution is 5.93. The monoisotopic (exact) mass is 345 g/mol. The van der Waals surface area contributed by atoms with Crippen LogP contribution in [0.1, 0.15) is 37.2 Å². The van der Waals surface area contributed by atoms with Gasteiger partial charge in [-0.15, -0.1) is 0 Å². The zero-order chi connectivity index (χ0) is 17.8. The predicted octanol–water partition coefficient (Wildman–Crippen LogP) is 2.66. The first kappa shape index (κ1) is 17.3. The van der Waals surface area contributed by atoms with E-state index in [2.05, 4.69) is 5.16 Å². The number of carbonyl (C=O) groups excluding carboxylic acids is 2. The number of rotatable bonds is 5. The first-order valence-corrected chi connectivity index (χ1v) is 8.72. The van der Waals surface area contributed by atoms with Crippen molar-refractivity contribution in [1.29, 1.82) is 0 Å². The molecule has 0 aromatic carbocycles. The number of aromatic nitrogens is 1. The quantitative estimate of drug-likeness (QED) is 0.832. The van der Waals surface area contributed by atoms with Crippen LogP contribution in [-0.2, 0) is 4.79 Å². The van der Waals surface area contributed by atoms with Gasteiger partial charge in [0.25, 0.3) is 5.91 Å². The number of nitrogens with zero attached hydrogens (tertiary/aromatic N) is 3. The Morgan fingerprint density at radius 1 is 1.12 bits per heavy atom. The SMILES string of the molecule is CCC(CC)C(=O)N1CCN(C(=O)c2cc(-c3ccco3)on2)CC1. The molecular formula is C18H23N3O4. The molecule has 2 aromatic heterocycles. The van der Waals surface area contributed by atoms with Gasteiger partial charge in [-0.1, -0.05) is 19.0 Å². The van der Waals surface area contributed by atoms with Crippen LogP contribution in [0.25, 0.3) is 11.5 Å². The van der Waals surface area contributed by atoms with E-state index in [1.165, 1.54) is 6.26 Å². The van der Waals surface area contributed by atoms with Gasteiger partial charge in [-0.25, -0.2) is 0 Å². The molecule has 1 saturated heterocycles. The summed E-state index contributed by atoms with van der Waals surface area (Å²) in [4.78, 5) is 28.6. The molecule has 1 fully saturated rings. The molecule has 7 nitrogen and oxygen atoms in total. The highest BCUT2D eigenvalue weighted by atomic mass is 16.5. The van der Waals surface area contributed by atoms with Gasteiger partial charge in [0.15, 0.2) is 11.5 Å². The van der Waals surface area contributed by atoms with E-state index in [1.807, 2.05) is 18.7 Å². The Morgan fingerprint density at radius 2 is 1.80 bits per heavy atom. The summed E-state index contributed by atoms with van der Waals surface area (Å²) in [6.45, 7) is 6.20. The predicted molar refractivity (Wildman–Crippen MR) is 90.8 cm³/mol. The lowest BCUT2D eigenvalue weighted by molar-refractivity contribution is -0.137. The molecule has 7 heteroatoms. The van der Waals surface area contributed by atoms with Crippen molar-refractivity contribution in [2.75, 3.05) is 26.2 Å². The lowest BCUT2D eigenvalue weighted by Gasteiger charge is -2.35. The van der Waals surface area contributed by atoms with Gasteiger partial charge in [0.2, 0.25) is 11.7 Å². The van der Waals surface area contributed by atoms with E-state index in [4.69, 9.17) is 8.94 Å². The Hall–Kier alpha value is -2.57. The average molecular weight is 345 g/mol. The first-order chi connectivity index (χ1) is 12.1. The Bertz CT molecular complexity index is 711. The lowest BCUT2D eigenvalue weighted by atomic mass is 10.0. The summed E-state index contributed by atoms with van der Waals surface area (Å²) in [7, 11) is 0. The molecule has 0 spiro atoms. The highest BCUT2D eigenvalue weighted by Crippen LogP contribution is 2.21. The molecule has 0 bridgehead atoms. The van der Waals surface area contributed by atoms with Crippen LogP contribution in [0, 0.1) is 5.92 Å². The molecule has 1 aliphatic heterocycles. The van der Waals surface area contributed by atoms with E-state index < -0.39 is 0 Å². The fourth-order valence-corrected chi connectivity index (χ4v) is 3.10. The molecule has 0 aliphatic carbocycles. The fourth-order valence-electron chi connectivity index (χ4n) is 3.10. The van der Waals surface area contributed by atoms with Gasteiger partial charge in [-0.05, 0) is 25.0 Å². The van der Waals surface area contributed by atoms with Crippen molar-refractivity contribution in [3.63, 3.8) is 0 Å². The summed E-state index contributed by atoms with van der Waals surface area (Å²) in [6.07, 6.45) is 3.24. The summed E-state index contributed by atoms with van der Waals surface area (Å²) in [5.74, 6) is 1.05. The summed E-state index contributed by atoms with van der Waals surface area (Å²) in [5.41, 5.74) is 0.256. The Morgan fingerprint density at radius 3 is 2.40 bits per heavy atom. The van der Waals surface area contributed by atoms with Crippen molar-refractivity contribution in [3.8, 4) is 11.5 Å². The number of hydrogen-bond acceptors (Lipinski definition) is 5. The second-order valence-electron chi connectivity index (χ2n) is 6.18. The molecule has 0 N–H and O–H groups in total. The van der Waals surface area contributed by atoms with Crippen LogP contribution in [0.2, 0.25) is 0 Å². The summed E-state index contributed by atoms with van der Waals surface area (Å²) in [6, 6.07) is 5.08. The molecule has 134 valence electrons. The van der Waals surface area contributed by atoms with E-state index in [1.54, 1.807) is 23.1 Å². The van der Waals surface area contributed by atoms with Gasteiger partial charge >= 0.3 is 0 Å². The largest absolute Gasteiger partial charge is 0.461 e. The first-order valence-electron chi connectivity index (χ1n) is 8.72. The molecule has 0 radical (unpaired) electrons. The summed E-state index contributed by atoms with van der Waals surface area (Å²) >= 11 is 0. The number of amides is 2. The highest BCUT2D eigenvalue weighted by Gasteiger charge is 2.29. The van der Waals surface area contributed by atoms with Crippen molar-refractivity contribution < 1.29 is 18.5 Å². The molecule has 3 heterocycles. The Labute approximate surface area is 146 Å². The number of furan rings is 1. The van der Waals surface area contributed by atoms with Crippen LogP contribution in [0.5, 0.6) is 0 Å². The van der Waals surface area contributed by atoms with Crippen LogP contribution in [0.3, 0.4) is 0 Å². The Kier molecular flexibility index (Phi) is 5.21. The van der Waals surface area contributed by atoms with E-state index >= 15 is 0 Å². The third kappa shape index (κ3) is 3.60. The van der Waals surface area contributed by atoms with E-state index in [9.17, 15) is 9.59 Å². The molecule has 1 aliphatic rings. The summed E-state index contributed by atoms with van der Waals surface area (Å²) in [5, 5.41) is 3.85. The smallest absolute Gasteiger partial charge is 0.276 e. The van der Waals surface area contributed by atoms with Gasteiger partial charge in [0.1, 0.15) is 0 Å². The molecule has 25 heavy (non-hydrogen) atoms. The second-order valence-corrected chi connectivity index (χ2v) is 6.18.